The van der Waals surface area contributed by atoms with Gasteiger partial charge in [0.05, 0.1) is 11.3 Å². The monoisotopic (exact) mass is 394 g/mol. The van der Waals surface area contributed by atoms with Gasteiger partial charge in [0.25, 0.3) is 5.91 Å². The Kier molecular flexibility index (Phi) is 6.39. The number of nitrogens with one attached hydrogen (secondary N) is 1. The number of carbonyl (C=O) groups is 4. The Morgan fingerprint density at radius 1 is 1.07 bits per heavy atom. The van der Waals surface area contributed by atoms with E-state index in [2.05, 4.69) is 5.32 Å². The number of ether oxygens (including phenoxy) is 1. The third kappa shape index (κ3) is 5.28. The Balaban J connectivity index is 1.52. The lowest BCUT2D eigenvalue weighted by molar-refractivity contribution is -0.128. The Morgan fingerprint density at radius 3 is 2.45 bits per heavy atom. The largest absolute Gasteiger partial charge is 0.452 e. The third-order valence-corrected chi connectivity index (χ3v) is 4.65. The molecule has 1 saturated heterocycles. The van der Waals surface area contributed by atoms with E-state index >= 15 is 0 Å². The standard InChI is InChI=1S/C22H22N2O5/c1-15(25)18-5-2-3-6-19(18)23-20(26)14-29-22(28)17-10-8-16(9-11-17)13-24-12-4-7-21(24)27/h2-3,5-6,8-11H,4,7,12-14H2,1H3,(H,23,26). The first-order valence-electron chi connectivity index (χ1n) is 9.37. The lowest BCUT2D eigenvalue weighted by Gasteiger charge is -2.15. The van der Waals surface area contributed by atoms with Crippen LogP contribution in [0.5, 0.6) is 0 Å². The fourth-order valence-electron chi connectivity index (χ4n) is 3.14. The summed E-state index contributed by atoms with van der Waals surface area (Å²) in [5.74, 6) is -1.18. The van der Waals surface area contributed by atoms with Crippen LogP contribution in [0.2, 0.25) is 0 Å². The summed E-state index contributed by atoms with van der Waals surface area (Å²) in [5.41, 5.74) is 2.01. The molecule has 7 heteroatoms. The molecule has 0 unspecified atom stereocenters. The predicted molar refractivity (Wildman–Crippen MR) is 106 cm³/mol. The Bertz CT molecular complexity index is 936. The highest BCUT2D eigenvalue weighted by molar-refractivity contribution is 6.04. The highest BCUT2D eigenvalue weighted by atomic mass is 16.5. The molecule has 1 heterocycles. The highest BCUT2D eigenvalue weighted by Crippen LogP contribution is 2.16. The van der Waals surface area contributed by atoms with Gasteiger partial charge in [-0.25, -0.2) is 4.79 Å². The molecular formula is C22H22N2O5. The maximum absolute atomic E-state index is 12.2. The van der Waals surface area contributed by atoms with E-state index in [1.54, 1.807) is 53.4 Å². The second kappa shape index (κ2) is 9.14. The van der Waals surface area contributed by atoms with Gasteiger partial charge in [-0.2, -0.15) is 0 Å². The number of hydrogen-bond acceptors (Lipinski definition) is 5. The molecule has 0 aromatic heterocycles. The van der Waals surface area contributed by atoms with Crippen molar-refractivity contribution in [3.05, 3.63) is 65.2 Å². The number of amides is 2. The quantitative estimate of drug-likeness (QED) is 0.576. The van der Waals surface area contributed by atoms with Gasteiger partial charge in [0.2, 0.25) is 5.91 Å². The first-order valence-corrected chi connectivity index (χ1v) is 9.37. The average Bonchev–Trinajstić information content (AvgIpc) is 3.11. The summed E-state index contributed by atoms with van der Waals surface area (Å²) < 4.78 is 5.05. The molecule has 1 fully saturated rings. The summed E-state index contributed by atoms with van der Waals surface area (Å²) in [6.45, 7) is 2.22. The zero-order chi connectivity index (χ0) is 20.8. The number of rotatable bonds is 7. The molecule has 0 bridgehead atoms. The fourth-order valence-corrected chi connectivity index (χ4v) is 3.14. The molecule has 1 aliphatic rings. The lowest BCUT2D eigenvalue weighted by Crippen LogP contribution is -2.24. The van der Waals surface area contributed by atoms with Crippen molar-refractivity contribution in [3.8, 4) is 0 Å². The van der Waals surface area contributed by atoms with Crippen molar-refractivity contribution < 1.29 is 23.9 Å². The number of hydrogen-bond donors (Lipinski definition) is 1. The molecule has 0 spiro atoms. The van der Waals surface area contributed by atoms with Crippen LogP contribution < -0.4 is 5.32 Å². The van der Waals surface area contributed by atoms with Gasteiger partial charge >= 0.3 is 5.97 Å². The number of esters is 1. The number of nitrogens with zero attached hydrogens (tertiary/aromatic N) is 1. The fraction of sp³-hybridized carbons (Fsp3) is 0.273. The Labute approximate surface area is 168 Å². The second-order valence-corrected chi connectivity index (χ2v) is 6.84. The number of benzene rings is 2. The van der Waals surface area contributed by atoms with E-state index in [9.17, 15) is 19.2 Å². The van der Waals surface area contributed by atoms with Crippen molar-refractivity contribution in [3.63, 3.8) is 0 Å². The SMILES string of the molecule is CC(=O)c1ccccc1NC(=O)COC(=O)c1ccc(CN2CCCC2=O)cc1. The van der Waals surface area contributed by atoms with Crippen LogP contribution in [0, 0.1) is 0 Å². The molecule has 2 amide bonds. The van der Waals surface area contributed by atoms with Crippen molar-refractivity contribution in [2.45, 2.75) is 26.3 Å². The summed E-state index contributed by atoms with van der Waals surface area (Å²) in [7, 11) is 0. The molecule has 0 radical (unpaired) electrons. The smallest absolute Gasteiger partial charge is 0.338 e. The predicted octanol–water partition coefficient (Wildman–Crippen LogP) is 2.81. The number of anilines is 1. The van der Waals surface area contributed by atoms with E-state index in [0.717, 1.165) is 18.5 Å². The number of Topliss-reactive ketones (excluding diaryl/α,β-unsaturated/α-hetero) is 1. The van der Waals surface area contributed by atoms with Gasteiger partial charge < -0.3 is 15.0 Å². The van der Waals surface area contributed by atoms with Crippen LogP contribution in [0.15, 0.2) is 48.5 Å². The molecule has 29 heavy (non-hydrogen) atoms. The van der Waals surface area contributed by atoms with Gasteiger partial charge in [0, 0.05) is 25.1 Å². The maximum Gasteiger partial charge on any atom is 0.338 e. The summed E-state index contributed by atoms with van der Waals surface area (Å²) in [6, 6.07) is 13.4. The average molecular weight is 394 g/mol. The van der Waals surface area contributed by atoms with Crippen LogP contribution in [0.3, 0.4) is 0 Å². The van der Waals surface area contributed by atoms with E-state index in [1.807, 2.05) is 0 Å². The van der Waals surface area contributed by atoms with E-state index in [1.165, 1.54) is 6.92 Å². The zero-order valence-electron chi connectivity index (χ0n) is 16.1. The minimum atomic E-state index is -0.621. The van der Waals surface area contributed by atoms with Gasteiger partial charge in [0.15, 0.2) is 12.4 Å². The maximum atomic E-state index is 12.2. The topological polar surface area (TPSA) is 92.8 Å². The van der Waals surface area contributed by atoms with Crippen molar-refractivity contribution in [1.29, 1.82) is 0 Å². The van der Waals surface area contributed by atoms with Crippen LogP contribution >= 0.6 is 0 Å². The number of carbonyl (C=O) groups excluding carboxylic acids is 4. The Hall–Kier alpha value is -3.48. The number of ketones is 1. The van der Waals surface area contributed by atoms with Crippen molar-refractivity contribution in [1.82, 2.24) is 4.90 Å². The molecule has 0 aliphatic carbocycles. The highest BCUT2D eigenvalue weighted by Gasteiger charge is 2.20. The molecule has 7 nitrogen and oxygen atoms in total. The Morgan fingerprint density at radius 2 is 1.79 bits per heavy atom. The van der Waals surface area contributed by atoms with Gasteiger partial charge in [-0.1, -0.05) is 24.3 Å². The minimum absolute atomic E-state index is 0.144. The molecule has 0 atom stereocenters. The van der Waals surface area contributed by atoms with Crippen LogP contribution in [0.25, 0.3) is 0 Å². The molecule has 1 aliphatic heterocycles. The number of likely N-dealkylation sites (tertiary alicyclic amines) is 1. The number of para-hydroxylation sites is 1. The van der Waals surface area contributed by atoms with Gasteiger partial charge in [-0.05, 0) is 43.2 Å². The molecule has 3 rings (SSSR count). The van der Waals surface area contributed by atoms with E-state index < -0.39 is 18.5 Å². The molecule has 0 saturated carbocycles. The van der Waals surface area contributed by atoms with E-state index in [4.69, 9.17) is 4.74 Å². The normalized spacial score (nSPS) is 13.3. The summed E-state index contributed by atoms with van der Waals surface area (Å²) in [4.78, 5) is 49.3. The molecular weight excluding hydrogens is 372 g/mol. The third-order valence-electron chi connectivity index (χ3n) is 4.65. The van der Waals surface area contributed by atoms with E-state index in [-0.39, 0.29) is 11.7 Å². The van der Waals surface area contributed by atoms with Crippen LogP contribution in [-0.4, -0.2) is 41.6 Å². The summed E-state index contributed by atoms with van der Waals surface area (Å²) >= 11 is 0. The van der Waals surface area contributed by atoms with Crippen molar-refractivity contribution >= 4 is 29.3 Å². The molecule has 2 aromatic rings. The van der Waals surface area contributed by atoms with Crippen LogP contribution in [0.1, 0.15) is 46.0 Å². The van der Waals surface area contributed by atoms with Crippen LogP contribution in [0.4, 0.5) is 5.69 Å². The lowest BCUT2D eigenvalue weighted by atomic mass is 10.1. The van der Waals surface area contributed by atoms with Gasteiger partial charge in [0.1, 0.15) is 0 Å². The van der Waals surface area contributed by atoms with Gasteiger partial charge in [-0.3, -0.25) is 14.4 Å². The summed E-state index contributed by atoms with van der Waals surface area (Å²) in [6.07, 6.45) is 1.46. The van der Waals surface area contributed by atoms with E-state index in [0.29, 0.717) is 29.8 Å². The first kappa shape index (κ1) is 20.3. The molecule has 2 aromatic carbocycles. The molecule has 150 valence electrons. The second-order valence-electron chi connectivity index (χ2n) is 6.84. The van der Waals surface area contributed by atoms with Gasteiger partial charge in [-0.15, -0.1) is 0 Å². The van der Waals surface area contributed by atoms with Crippen molar-refractivity contribution in [2.75, 3.05) is 18.5 Å². The zero-order valence-corrected chi connectivity index (χ0v) is 16.1. The van der Waals surface area contributed by atoms with Crippen LogP contribution in [-0.2, 0) is 20.9 Å². The first-order chi connectivity index (χ1) is 13.9. The van der Waals surface area contributed by atoms with Crippen molar-refractivity contribution in [2.24, 2.45) is 0 Å². The minimum Gasteiger partial charge on any atom is -0.452 e. The summed E-state index contributed by atoms with van der Waals surface area (Å²) in [5, 5.41) is 2.58. The molecule has 1 N–H and O–H groups in total.